The molecule has 0 aliphatic carbocycles. The molecule has 0 radical (unpaired) electrons. The SMILES string of the molecule is C=CNC(Cc1cnc[nH]1)C(=O)O.NCCCCC(N)C(=O)O. The van der Waals surface area contributed by atoms with Crippen molar-refractivity contribution in [1.29, 1.82) is 0 Å². The van der Waals surface area contributed by atoms with E-state index in [2.05, 4.69) is 21.9 Å². The molecule has 1 rings (SSSR count). The molecule has 9 heteroatoms. The van der Waals surface area contributed by atoms with Crippen molar-refractivity contribution in [3.05, 3.63) is 31.0 Å². The number of unbranched alkanes of at least 4 members (excludes halogenated alkanes) is 1. The zero-order chi connectivity index (χ0) is 17.7. The number of aliphatic carboxylic acids is 2. The molecule has 2 unspecified atom stereocenters. The third-order valence-corrected chi connectivity index (χ3v) is 2.88. The van der Waals surface area contributed by atoms with E-state index >= 15 is 0 Å². The van der Waals surface area contributed by atoms with Gasteiger partial charge in [-0.1, -0.05) is 13.0 Å². The first-order valence-electron chi connectivity index (χ1n) is 7.17. The molecule has 0 amide bonds. The van der Waals surface area contributed by atoms with E-state index < -0.39 is 24.0 Å². The molecule has 0 bridgehead atoms. The van der Waals surface area contributed by atoms with Gasteiger partial charge in [-0.05, 0) is 25.6 Å². The highest BCUT2D eigenvalue weighted by atomic mass is 16.4. The van der Waals surface area contributed by atoms with Crippen molar-refractivity contribution in [3.63, 3.8) is 0 Å². The zero-order valence-electron chi connectivity index (χ0n) is 12.9. The molecular formula is C14H25N5O4. The van der Waals surface area contributed by atoms with E-state index in [9.17, 15) is 9.59 Å². The molecule has 0 spiro atoms. The number of hydrogen-bond acceptors (Lipinski definition) is 6. The van der Waals surface area contributed by atoms with Crippen LogP contribution in [-0.4, -0.2) is 50.7 Å². The van der Waals surface area contributed by atoms with Gasteiger partial charge in [0, 0.05) is 18.3 Å². The van der Waals surface area contributed by atoms with Crippen molar-refractivity contribution >= 4 is 11.9 Å². The summed E-state index contributed by atoms with van der Waals surface area (Å²) in [7, 11) is 0. The lowest BCUT2D eigenvalue weighted by molar-refractivity contribution is -0.139. The van der Waals surface area contributed by atoms with E-state index in [0.29, 0.717) is 19.4 Å². The fourth-order valence-corrected chi connectivity index (χ4v) is 1.61. The number of nitrogens with zero attached hydrogens (tertiary/aromatic N) is 1. The van der Waals surface area contributed by atoms with Crippen molar-refractivity contribution in [2.24, 2.45) is 11.5 Å². The summed E-state index contributed by atoms with van der Waals surface area (Å²) in [6.07, 6.45) is 7.01. The molecule has 0 aromatic carbocycles. The van der Waals surface area contributed by atoms with Gasteiger partial charge in [-0.2, -0.15) is 0 Å². The summed E-state index contributed by atoms with van der Waals surface area (Å²) in [6.45, 7) is 4.02. The molecule has 0 aliphatic rings. The number of carboxylic acid groups (broad SMARTS) is 2. The summed E-state index contributed by atoms with van der Waals surface area (Å²) in [5, 5.41) is 19.7. The van der Waals surface area contributed by atoms with E-state index in [0.717, 1.165) is 18.5 Å². The molecule has 0 fully saturated rings. The second-order valence-corrected chi connectivity index (χ2v) is 4.77. The molecule has 1 aromatic heterocycles. The van der Waals surface area contributed by atoms with Gasteiger partial charge in [0.1, 0.15) is 12.1 Å². The summed E-state index contributed by atoms with van der Waals surface area (Å²) in [4.78, 5) is 27.4. The van der Waals surface area contributed by atoms with E-state index in [1.807, 2.05) is 0 Å². The molecule has 9 nitrogen and oxygen atoms in total. The first-order chi connectivity index (χ1) is 10.9. The lowest BCUT2D eigenvalue weighted by Crippen LogP contribution is -2.35. The van der Waals surface area contributed by atoms with E-state index in [1.165, 1.54) is 12.5 Å². The van der Waals surface area contributed by atoms with Crippen LogP contribution in [0.3, 0.4) is 0 Å². The van der Waals surface area contributed by atoms with Crippen LogP contribution in [0.2, 0.25) is 0 Å². The second-order valence-electron chi connectivity index (χ2n) is 4.77. The van der Waals surface area contributed by atoms with E-state index in [4.69, 9.17) is 21.7 Å². The number of imidazole rings is 1. The van der Waals surface area contributed by atoms with E-state index in [-0.39, 0.29) is 0 Å². The van der Waals surface area contributed by atoms with Gasteiger partial charge < -0.3 is 32.0 Å². The summed E-state index contributed by atoms with van der Waals surface area (Å²) in [5.41, 5.74) is 11.2. The normalized spacial score (nSPS) is 12.4. The Morgan fingerprint density at radius 1 is 1.39 bits per heavy atom. The molecule has 23 heavy (non-hydrogen) atoms. The first kappa shape index (κ1) is 20.6. The van der Waals surface area contributed by atoms with Crippen molar-refractivity contribution < 1.29 is 19.8 Å². The Morgan fingerprint density at radius 3 is 2.52 bits per heavy atom. The summed E-state index contributed by atoms with van der Waals surface area (Å²) >= 11 is 0. The highest BCUT2D eigenvalue weighted by Gasteiger charge is 2.16. The minimum absolute atomic E-state index is 0.362. The topological polar surface area (TPSA) is 167 Å². The Kier molecular flexibility index (Phi) is 10.9. The van der Waals surface area contributed by atoms with Gasteiger partial charge >= 0.3 is 11.9 Å². The number of hydrogen-bond donors (Lipinski definition) is 6. The Morgan fingerprint density at radius 2 is 2.09 bits per heavy atom. The fourth-order valence-electron chi connectivity index (χ4n) is 1.61. The van der Waals surface area contributed by atoms with Crippen LogP contribution in [0.5, 0.6) is 0 Å². The van der Waals surface area contributed by atoms with Gasteiger partial charge in [0.25, 0.3) is 0 Å². The van der Waals surface area contributed by atoms with Crippen LogP contribution in [0, 0.1) is 0 Å². The Bertz CT molecular complexity index is 464. The van der Waals surface area contributed by atoms with Gasteiger partial charge in [-0.25, -0.2) is 9.78 Å². The van der Waals surface area contributed by atoms with Gasteiger partial charge in [0.05, 0.1) is 6.33 Å². The van der Waals surface area contributed by atoms with E-state index in [1.54, 1.807) is 6.20 Å². The molecule has 1 heterocycles. The number of H-pyrrole nitrogens is 1. The molecule has 130 valence electrons. The minimum Gasteiger partial charge on any atom is -0.480 e. The maximum atomic E-state index is 10.7. The summed E-state index contributed by atoms with van der Waals surface area (Å²) < 4.78 is 0. The Hall–Kier alpha value is -2.39. The largest absolute Gasteiger partial charge is 0.480 e. The van der Waals surface area contributed by atoms with Crippen LogP contribution in [-0.2, 0) is 16.0 Å². The summed E-state index contributed by atoms with van der Waals surface area (Å²) in [6, 6.07) is -1.37. The average Bonchev–Trinajstić information content (AvgIpc) is 3.00. The van der Waals surface area contributed by atoms with Crippen molar-refractivity contribution in [1.82, 2.24) is 15.3 Å². The Balaban J connectivity index is 0.000000438. The number of nitrogens with one attached hydrogen (secondary N) is 2. The van der Waals surface area contributed by atoms with Gasteiger partial charge in [-0.3, -0.25) is 4.79 Å². The molecule has 1 aromatic rings. The molecule has 2 atom stereocenters. The third kappa shape index (κ3) is 10.0. The Labute approximate surface area is 134 Å². The van der Waals surface area contributed by atoms with Crippen LogP contribution in [0.1, 0.15) is 25.0 Å². The van der Waals surface area contributed by atoms with Crippen molar-refractivity contribution in [2.45, 2.75) is 37.8 Å². The number of nitrogens with two attached hydrogens (primary N) is 2. The van der Waals surface area contributed by atoms with Crippen molar-refractivity contribution in [2.75, 3.05) is 6.54 Å². The molecule has 0 saturated carbocycles. The van der Waals surface area contributed by atoms with Crippen LogP contribution in [0.25, 0.3) is 0 Å². The number of aromatic amines is 1. The molecular weight excluding hydrogens is 302 g/mol. The van der Waals surface area contributed by atoms with Crippen LogP contribution in [0.15, 0.2) is 25.3 Å². The average molecular weight is 327 g/mol. The molecule has 8 N–H and O–H groups in total. The monoisotopic (exact) mass is 327 g/mol. The van der Waals surface area contributed by atoms with Crippen LogP contribution < -0.4 is 16.8 Å². The van der Waals surface area contributed by atoms with Gasteiger partial charge in [0.15, 0.2) is 0 Å². The van der Waals surface area contributed by atoms with Gasteiger partial charge in [0.2, 0.25) is 0 Å². The van der Waals surface area contributed by atoms with Crippen molar-refractivity contribution in [3.8, 4) is 0 Å². The maximum Gasteiger partial charge on any atom is 0.326 e. The summed E-state index contributed by atoms with van der Waals surface area (Å²) in [5.74, 6) is -1.84. The second kappa shape index (κ2) is 12.2. The number of carboxylic acids is 2. The quantitative estimate of drug-likeness (QED) is 0.317. The van der Waals surface area contributed by atoms with Crippen LogP contribution in [0.4, 0.5) is 0 Å². The standard InChI is InChI=1S/C8H11N3O2.C6H14N2O2/c1-2-10-7(8(12)13)3-6-4-9-5-11-6;7-4-2-1-3-5(8)6(9)10/h2,4-5,7,10H,1,3H2,(H,9,11)(H,12,13);5H,1-4,7-8H2,(H,9,10). The number of rotatable bonds is 10. The predicted molar refractivity (Wildman–Crippen MR) is 85.6 cm³/mol. The smallest absolute Gasteiger partial charge is 0.326 e. The maximum absolute atomic E-state index is 10.7. The minimum atomic E-state index is -0.933. The lowest BCUT2D eigenvalue weighted by Gasteiger charge is -2.10. The molecule has 0 saturated heterocycles. The number of carbonyl (C=O) groups is 2. The first-order valence-corrected chi connectivity index (χ1v) is 7.17. The van der Waals surface area contributed by atoms with Gasteiger partial charge in [-0.15, -0.1) is 0 Å². The zero-order valence-corrected chi connectivity index (χ0v) is 12.9. The highest BCUT2D eigenvalue weighted by Crippen LogP contribution is 1.98. The third-order valence-electron chi connectivity index (χ3n) is 2.88. The fraction of sp³-hybridized carbons (Fsp3) is 0.500. The number of aromatic nitrogens is 2. The molecule has 0 aliphatic heterocycles. The predicted octanol–water partition coefficient (Wildman–Crippen LogP) is -0.334. The lowest BCUT2D eigenvalue weighted by atomic mass is 10.1. The van der Waals surface area contributed by atoms with Crippen LogP contribution >= 0.6 is 0 Å². The highest BCUT2D eigenvalue weighted by molar-refractivity contribution is 5.74.